The van der Waals surface area contributed by atoms with E-state index in [0.717, 1.165) is 36.4 Å². The van der Waals surface area contributed by atoms with E-state index < -0.39 is 34.9 Å². The standard InChI is InChI=1S/C21H16F6N4O2/c22-20(23,24)14-6-4-13(5-7-14)18-29-19(33)16(30-31-18)8-9-17(32)28-11-12-2-1-3-15(10-12)21(25,26)27/h1-7,10H,8-9,11H2,(H,28,32)(H,29,31,33). The second-order valence-corrected chi connectivity index (χ2v) is 7.00. The zero-order valence-corrected chi connectivity index (χ0v) is 16.7. The Morgan fingerprint density at radius 3 is 2.18 bits per heavy atom. The van der Waals surface area contributed by atoms with Crippen LogP contribution in [0.4, 0.5) is 26.3 Å². The number of carbonyl (C=O) groups excluding carboxylic acids is 1. The van der Waals surface area contributed by atoms with Crippen molar-refractivity contribution in [2.75, 3.05) is 0 Å². The van der Waals surface area contributed by atoms with Gasteiger partial charge in [-0.15, -0.1) is 10.2 Å². The molecule has 174 valence electrons. The van der Waals surface area contributed by atoms with Crippen molar-refractivity contribution >= 4 is 5.91 Å². The van der Waals surface area contributed by atoms with Crippen LogP contribution in [0.5, 0.6) is 0 Å². The molecule has 33 heavy (non-hydrogen) atoms. The van der Waals surface area contributed by atoms with Crippen molar-refractivity contribution < 1.29 is 31.1 Å². The Morgan fingerprint density at radius 1 is 0.909 bits per heavy atom. The van der Waals surface area contributed by atoms with Crippen molar-refractivity contribution in [3.63, 3.8) is 0 Å². The smallest absolute Gasteiger partial charge is 0.352 e. The van der Waals surface area contributed by atoms with Gasteiger partial charge in [0.05, 0.1) is 11.1 Å². The molecule has 1 heterocycles. The van der Waals surface area contributed by atoms with Crippen LogP contribution in [0, 0.1) is 0 Å². The molecule has 0 atom stereocenters. The second kappa shape index (κ2) is 9.43. The Bertz CT molecular complexity index is 1190. The minimum Gasteiger partial charge on any atom is -0.352 e. The van der Waals surface area contributed by atoms with Gasteiger partial charge in [0.2, 0.25) is 5.91 Å². The number of hydrogen-bond acceptors (Lipinski definition) is 4. The highest BCUT2D eigenvalue weighted by atomic mass is 19.4. The lowest BCUT2D eigenvalue weighted by Crippen LogP contribution is -2.25. The number of hydrogen-bond donors (Lipinski definition) is 2. The van der Waals surface area contributed by atoms with Gasteiger partial charge in [0.25, 0.3) is 5.56 Å². The van der Waals surface area contributed by atoms with Crippen LogP contribution in [0.3, 0.4) is 0 Å². The highest BCUT2D eigenvalue weighted by molar-refractivity contribution is 5.76. The second-order valence-electron chi connectivity index (χ2n) is 7.00. The molecule has 0 aliphatic rings. The number of rotatable bonds is 6. The molecular formula is C21H16F6N4O2. The summed E-state index contributed by atoms with van der Waals surface area (Å²) in [5, 5.41) is 9.98. The maximum absolute atomic E-state index is 12.7. The predicted molar refractivity (Wildman–Crippen MR) is 105 cm³/mol. The van der Waals surface area contributed by atoms with E-state index in [4.69, 9.17) is 0 Å². The molecule has 0 saturated carbocycles. The summed E-state index contributed by atoms with van der Waals surface area (Å²) in [6.45, 7) is -0.127. The van der Waals surface area contributed by atoms with Crippen LogP contribution < -0.4 is 10.9 Å². The molecule has 0 saturated heterocycles. The summed E-state index contributed by atoms with van der Waals surface area (Å²) in [6, 6.07) is 8.49. The lowest BCUT2D eigenvalue weighted by Gasteiger charge is -2.09. The van der Waals surface area contributed by atoms with E-state index in [9.17, 15) is 35.9 Å². The van der Waals surface area contributed by atoms with E-state index >= 15 is 0 Å². The number of amides is 1. The summed E-state index contributed by atoms with van der Waals surface area (Å²) < 4.78 is 76.1. The van der Waals surface area contributed by atoms with Crippen molar-refractivity contribution in [3.05, 3.63) is 81.3 Å². The number of H-pyrrole nitrogens is 1. The van der Waals surface area contributed by atoms with E-state index in [2.05, 4.69) is 20.5 Å². The zero-order valence-electron chi connectivity index (χ0n) is 16.7. The number of aromatic nitrogens is 3. The molecule has 0 unspecified atom stereocenters. The molecule has 0 bridgehead atoms. The molecule has 1 amide bonds. The molecule has 2 N–H and O–H groups in total. The van der Waals surface area contributed by atoms with E-state index in [1.54, 1.807) is 0 Å². The van der Waals surface area contributed by atoms with Crippen LogP contribution in [-0.2, 0) is 30.1 Å². The van der Waals surface area contributed by atoms with Gasteiger partial charge in [-0.2, -0.15) is 26.3 Å². The van der Waals surface area contributed by atoms with Crippen LogP contribution in [0.1, 0.15) is 28.8 Å². The molecule has 12 heteroatoms. The minimum atomic E-state index is -4.50. The van der Waals surface area contributed by atoms with E-state index in [1.165, 1.54) is 12.1 Å². The molecule has 0 spiro atoms. The van der Waals surface area contributed by atoms with Crippen LogP contribution >= 0.6 is 0 Å². The third kappa shape index (κ3) is 6.40. The largest absolute Gasteiger partial charge is 0.416 e. The summed E-state index contributed by atoms with van der Waals surface area (Å²) in [5.41, 5.74) is -1.93. The van der Waals surface area contributed by atoms with Crippen LogP contribution in [0.2, 0.25) is 0 Å². The third-order valence-electron chi connectivity index (χ3n) is 4.58. The summed E-state index contributed by atoms with van der Waals surface area (Å²) in [6.07, 6.45) is -9.25. The summed E-state index contributed by atoms with van der Waals surface area (Å²) >= 11 is 0. The number of nitrogens with zero attached hydrogens (tertiary/aromatic N) is 2. The molecule has 0 fully saturated rings. The Hall–Kier alpha value is -3.70. The molecule has 3 aromatic rings. The van der Waals surface area contributed by atoms with Gasteiger partial charge in [0, 0.05) is 24.9 Å². The van der Waals surface area contributed by atoms with E-state index in [0.29, 0.717) is 0 Å². The molecule has 0 aliphatic heterocycles. The highest BCUT2D eigenvalue weighted by Gasteiger charge is 2.31. The van der Waals surface area contributed by atoms with Gasteiger partial charge in [-0.3, -0.25) is 9.59 Å². The number of halogens is 6. The monoisotopic (exact) mass is 470 g/mol. The van der Waals surface area contributed by atoms with Gasteiger partial charge >= 0.3 is 12.4 Å². The lowest BCUT2D eigenvalue weighted by molar-refractivity contribution is -0.138. The van der Waals surface area contributed by atoms with Gasteiger partial charge in [-0.25, -0.2) is 0 Å². The van der Waals surface area contributed by atoms with Crippen LogP contribution in [0.15, 0.2) is 53.3 Å². The number of nitrogens with one attached hydrogen (secondary N) is 2. The maximum Gasteiger partial charge on any atom is 0.416 e. The molecule has 0 aliphatic carbocycles. The van der Waals surface area contributed by atoms with Crippen molar-refractivity contribution in [1.29, 1.82) is 0 Å². The third-order valence-corrected chi connectivity index (χ3v) is 4.58. The molecule has 6 nitrogen and oxygen atoms in total. The van der Waals surface area contributed by atoms with Gasteiger partial charge in [-0.1, -0.05) is 24.3 Å². The molecule has 2 aromatic carbocycles. The van der Waals surface area contributed by atoms with E-state index in [1.807, 2.05) is 0 Å². The van der Waals surface area contributed by atoms with Gasteiger partial charge in [0.15, 0.2) is 5.82 Å². The first-order valence-corrected chi connectivity index (χ1v) is 9.50. The number of alkyl halides is 6. The summed E-state index contributed by atoms with van der Waals surface area (Å²) in [7, 11) is 0. The van der Waals surface area contributed by atoms with Crippen molar-refractivity contribution in [3.8, 4) is 11.4 Å². The summed E-state index contributed by atoms with van der Waals surface area (Å²) in [5.74, 6) is -0.549. The Morgan fingerprint density at radius 2 is 1.58 bits per heavy atom. The Balaban J connectivity index is 1.57. The van der Waals surface area contributed by atoms with Crippen molar-refractivity contribution in [2.24, 2.45) is 0 Å². The fourth-order valence-electron chi connectivity index (χ4n) is 2.85. The number of aryl methyl sites for hydroxylation is 1. The molecular weight excluding hydrogens is 454 g/mol. The van der Waals surface area contributed by atoms with Gasteiger partial charge in [-0.05, 0) is 29.8 Å². The fraction of sp³-hybridized carbons (Fsp3) is 0.238. The first-order chi connectivity index (χ1) is 15.4. The van der Waals surface area contributed by atoms with Gasteiger partial charge in [0.1, 0.15) is 5.69 Å². The maximum atomic E-state index is 12.7. The van der Waals surface area contributed by atoms with Crippen LogP contribution in [-0.4, -0.2) is 21.1 Å². The first-order valence-electron chi connectivity index (χ1n) is 9.50. The summed E-state index contributed by atoms with van der Waals surface area (Å²) in [4.78, 5) is 26.6. The number of aromatic amines is 1. The average Bonchev–Trinajstić information content (AvgIpc) is 2.76. The Kier molecular flexibility index (Phi) is 6.84. The Labute approximate surface area is 182 Å². The topological polar surface area (TPSA) is 87.7 Å². The van der Waals surface area contributed by atoms with Crippen LogP contribution in [0.25, 0.3) is 11.4 Å². The SMILES string of the molecule is O=C(CCc1nnc(-c2ccc(C(F)(F)F)cc2)[nH]c1=O)NCc1cccc(C(F)(F)F)c1. The molecule has 1 aromatic heterocycles. The lowest BCUT2D eigenvalue weighted by atomic mass is 10.1. The van der Waals surface area contributed by atoms with Gasteiger partial charge < -0.3 is 10.3 Å². The van der Waals surface area contributed by atoms with Crippen molar-refractivity contribution in [1.82, 2.24) is 20.5 Å². The van der Waals surface area contributed by atoms with Crippen molar-refractivity contribution in [2.45, 2.75) is 31.7 Å². The minimum absolute atomic E-state index is 0.0357. The number of carbonyl (C=O) groups is 1. The quantitative estimate of drug-likeness (QED) is 0.531. The highest BCUT2D eigenvalue weighted by Crippen LogP contribution is 2.30. The molecule has 0 radical (unpaired) electrons. The predicted octanol–water partition coefficient (Wildman–Crippen LogP) is 4.12. The van der Waals surface area contributed by atoms with E-state index in [-0.39, 0.29) is 42.0 Å². The fourth-order valence-corrected chi connectivity index (χ4v) is 2.85. The normalized spacial score (nSPS) is 11.9. The average molecular weight is 470 g/mol. The first kappa shape index (κ1) is 24.0. The zero-order chi connectivity index (χ0) is 24.2. The molecule has 3 rings (SSSR count). The number of benzene rings is 2.